The van der Waals surface area contributed by atoms with Crippen LogP contribution in [0.3, 0.4) is 0 Å². The number of sulfonamides is 1. The van der Waals surface area contributed by atoms with Gasteiger partial charge in [0.25, 0.3) is 0 Å². The molecule has 0 radical (unpaired) electrons. The molecule has 0 aromatic carbocycles. The van der Waals surface area contributed by atoms with Gasteiger partial charge in [0, 0.05) is 6.20 Å². The van der Waals surface area contributed by atoms with Crippen LogP contribution in [0.2, 0.25) is 5.15 Å². The fraction of sp³-hybridized carbons (Fsp3) is 0.400. The van der Waals surface area contributed by atoms with E-state index in [0.29, 0.717) is 0 Å². The highest BCUT2D eigenvalue weighted by Crippen LogP contribution is 2.21. The molecule has 0 atom stereocenters. The van der Waals surface area contributed by atoms with Crippen molar-refractivity contribution in [3.05, 3.63) is 23.0 Å². The first-order valence-corrected chi connectivity index (χ1v) is 7.15. The predicted molar refractivity (Wildman–Crippen MR) is 68.0 cm³/mol. The molecule has 1 aromatic rings. The molecular formula is C10H13ClN2O4S. The molecule has 0 unspecified atom stereocenters. The molecule has 0 fully saturated rings. The second-order valence-corrected chi connectivity index (χ2v) is 5.60. The quantitative estimate of drug-likeness (QED) is 0.654. The summed E-state index contributed by atoms with van der Waals surface area (Å²) >= 11 is 5.75. The number of aryl methyl sites for hydroxylation is 1. The zero-order valence-corrected chi connectivity index (χ0v) is 11.5. The lowest BCUT2D eigenvalue weighted by atomic mass is 10.3. The highest BCUT2D eigenvalue weighted by atomic mass is 35.5. The molecule has 1 heterocycles. The number of esters is 1. The molecule has 0 aliphatic rings. The number of aromatic nitrogens is 1. The number of carbonyl (C=O) groups is 1. The van der Waals surface area contributed by atoms with Crippen LogP contribution in [0.5, 0.6) is 0 Å². The van der Waals surface area contributed by atoms with E-state index in [4.69, 9.17) is 11.6 Å². The number of nitrogens with zero attached hydrogens (tertiary/aromatic N) is 1. The van der Waals surface area contributed by atoms with E-state index in [-0.39, 0.29) is 17.4 Å². The zero-order valence-electron chi connectivity index (χ0n) is 9.94. The first-order chi connectivity index (χ1) is 8.34. The van der Waals surface area contributed by atoms with E-state index < -0.39 is 21.7 Å². The molecule has 0 aliphatic carbocycles. The minimum Gasteiger partial charge on any atom is -0.465 e. The van der Waals surface area contributed by atoms with Gasteiger partial charge in [0.05, 0.1) is 12.3 Å². The van der Waals surface area contributed by atoms with Gasteiger partial charge in [-0.15, -0.1) is 0 Å². The second kappa shape index (κ2) is 6.01. The molecule has 1 N–H and O–H groups in total. The standard InChI is InChI=1S/C10H13ClN2O4S/c1-3-17-9(14)6-18(15,16)13-8-4-7(2)5-12-10(8)11/h4-5,13H,3,6H2,1-2H3. The van der Waals surface area contributed by atoms with Crippen LogP contribution < -0.4 is 4.72 Å². The molecule has 0 saturated carbocycles. The van der Waals surface area contributed by atoms with E-state index in [1.54, 1.807) is 13.8 Å². The van der Waals surface area contributed by atoms with Gasteiger partial charge in [0.2, 0.25) is 10.0 Å². The van der Waals surface area contributed by atoms with E-state index in [0.717, 1.165) is 5.56 Å². The SMILES string of the molecule is CCOC(=O)CS(=O)(=O)Nc1cc(C)cnc1Cl. The summed E-state index contributed by atoms with van der Waals surface area (Å²) < 4.78 is 30.1. The first kappa shape index (κ1) is 14.7. The summed E-state index contributed by atoms with van der Waals surface area (Å²) in [5.74, 6) is -1.58. The van der Waals surface area contributed by atoms with Gasteiger partial charge in [-0.3, -0.25) is 9.52 Å². The van der Waals surface area contributed by atoms with Crippen molar-refractivity contribution in [1.29, 1.82) is 0 Å². The monoisotopic (exact) mass is 292 g/mol. The Labute approximate surface area is 110 Å². The van der Waals surface area contributed by atoms with Crippen molar-refractivity contribution in [3.8, 4) is 0 Å². The van der Waals surface area contributed by atoms with Gasteiger partial charge in [-0.1, -0.05) is 11.6 Å². The summed E-state index contributed by atoms with van der Waals surface area (Å²) in [5, 5.41) is 0.0213. The third-order valence-corrected chi connectivity index (χ3v) is 3.30. The van der Waals surface area contributed by atoms with Crippen LogP contribution in [-0.2, 0) is 19.6 Å². The number of carbonyl (C=O) groups excluding carboxylic acids is 1. The Morgan fingerprint density at radius 2 is 2.22 bits per heavy atom. The first-order valence-electron chi connectivity index (χ1n) is 5.12. The zero-order chi connectivity index (χ0) is 13.8. The van der Waals surface area contributed by atoms with Gasteiger partial charge in [0.1, 0.15) is 0 Å². The Bertz CT molecular complexity index is 545. The lowest BCUT2D eigenvalue weighted by molar-refractivity contribution is -0.139. The number of halogens is 1. The van der Waals surface area contributed by atoms with Crippen molar-refractivity contribution in [1.82, 2.24) is 4.98 Å². The molecule has 100 valence electrons. The molecule has 0 aliphatic heterocycles. The summed E-state index contributed by atoms with van der Waals surface area (Å²) in [6.07, 6.45) is 1.51. The number of anilines is 1. The van der Waals surface area contributed by atoms with E-state index in [1.807, 2.05) is 0 Å². The number of pyridine rings is 1. The highest BCUT2D eigenvalue weighted by molar-refractivity contribution is 7.93. The van der Waals surface area contributed by atoms with Crippen molar-refractivity contribution in [3.63, 3.8) is 0 Å². The minimum absolute atomic E-state index is 0.0213. The largest absolute Gasteiger partial charge is 0.465 e. The summed E-state index contributed by atoms with van der Waals surface area (Å²) in [7, 11) is -3.84. The minimum atomic E-state index is -3.84. The summed E-state index contributed by atoms with van der Waals surface area (Å²) in [6.45, 7) is 3.47. The average molecular weight is 293 g/mol. The van der Waals surface area contributed by atoms with Gasteiger partial charge in [-0.2, -0.15) is 0 Å². The number of hydrogen-bond acceptors (Lipinski definition) is 5. The third kappa shape index (κ3) is 4.50. The normalized spacial score (nSPS) is 11.1. The van der Waals surface area contributed by atoms with Gasteiger partial charge in [-0.05, 0) is 25.5 Å². The molecule has 8 heteroatoms. The van der Waals surface area contributed by atoms with Crippen LogP contribution in [0.4, 0.5) is 5.69 Å². The van der Waals surface area contributed by atoms with Crippen molar-refractivity contribution in [2.45, 2.75) is 13.8 Å². The van der Waals surface area contributed by atoms with Crippen molar-refractivity contribution in [2.75, 3.05) is 17.1 Å². The van der Waals surface area contributed by atoms with Crippen LogP contribution in [-0.4, -0.2) is 31.7 Å². The Hall–Kier alpha value is -1.34. The van der Waals surface area contributed by atoms with E-state index >= 15 is 0 Å². The smallest absolute Gasteiger partial charge is 0.323 e. The van der Waals surface area contributed by atoms with E-state index in [2.05, 4.69) is 14.4 Å². The number of hydrogen-bond donors (Lipinski definition) is 1. The lowest BCUT2D eigenvalue weighted by Gasteiger charge is -2.09. The van der Waals surface area contributed by atoms with Gasteiger partial charge >= 0.3 is 5.97 Å². The highest BCUT2D eigenvalue weighted by Gasteiger charge is 2.18. The summed E-state index contributed by atoms with van der Waals surface area (Å²) in [4.78, 5) is 14.9. The van der Waals surface area contributed by atoms with Gasteiger partial charge < -0.3 is 4.74 Å². The maximum atomic E-state index is 11.7. The second-order valence-electron chi connectivity index (χ2n) is 3.52. The summed E-state index contributed by atoms with van der Waals surface area (Å²) in [5.41, 5.74) is 0.884. The van der Waals surface area contributed by atoms with Crippen LogP contribution in [0.15, 0.2) is 12.3 Å². The lowest BCUT2D eigenvalue weighted by Crippen LogP contribution is -2.24. The molecular weight excluding hydrogens is 280 g/mol. The topological polar surface area (TPSA) is 85.4 Å². The van der Waals surface area contributed by atoms with Gasteiger partial charge in [0.15, 0.2) is 10.9 Å². The molecule has 0 saturated heterocycles. The maximum Gasteiger partial charge on any atom is 0.323 e. The van der Waals surface area contributed by atoms with Crippen LogP contribution in [0.1, 0.15) is 12.5 Å². The van der Waals surface area contributed by atoms with Gasteiger partial charge in [-0.25, -0.2) is 13.4 Å². The Kier molecular flexibility index (Phi) is 4.92. The van der Waals surface area contributed by atoms with Crippen LogP contribution >= 0.6 is 11.6 Å². The van der Waals surface area contributed by atoms with Crippen LogP contribution in [0.25, 0.3) is 0 Å². The van der Waals surface area contributed by atoms with Crippen molar-refractivity contribution in [2.24, 2.45) is 0 Å². The summed E-state index contributed by atoms with van der Waals surface area (Å²) in [6, 6.07) is 1.53. The molecule has 0 bridgehead atoms. The fourth-order valence-electron chi connectivity index (χ4n) is 1.19. The molecule has 0 spiro atoms. The molecule has 6 nitrogen and oxygen atoms in total. The molecule has 1 rings (SSSR count). The molecule has 18 heavy (non-hydrogen) atoms. The molecule has 1 aromatic heterocycles. The van der Waals surface area contributed by atoms with Crippen LogP contribution in [0, 0.1) is 6.92 Å². The van der Waals surface area contributed by atoms with E-state index in [9.17, 15) is 13.2 Å². The van der Waals surface area contributed by atoms with Crippen molar-refractivity contribution >= 4 is 33.3 Å². The Balaban J connectivity index is 2.82. The number of rotatable bonds is 5. The maximum absolute atomic E-state index is 11.7. The average Bonchev–Trinajstić information content (AvgIpc) is 2.22. The van der Waals surface area contributed by atoms with Crippen molar-refractivity contribution < 1.29 is 17.9 Å². The predicted octanol–water partition coefficient (Wildman–Crippen LogP) is 1.35. The number of ether oxygens (including phenoxy) is 1. The molecule has 0 amide bonds. The Morgan fingerprint density at radius 3 is 2.83 bits per heavy atom. The van der Waals surface area contributed by atoms with E-state index in [1.165, 1.54) is 12.3 Å². The fourth-order valence-corrected chi connectivity index (χ4v) is 2.35. The Morgan fingerprint density at radius 1 is 1.56 bits per heavy atom. The third-order valence-electron chi connectivity index (χ3n) is 1.85. The number of nitrogens with one attached hydrogen (secondary N) is 1.